The van der Waals surface area contributed by atoms with E-state index in [-0.39, 0.29) is 16.9 Å². The third kappa shape index (κ3) is 3.64. The minimum Gasteiger partial charge on any atom is -0.353 e. The van der Waals surface area contributed by atoms with E-state index in [2.05, 4.69) is 27.9 Å². The number of non-ortho nitro benzene ring substituents is 1. The number of amides is 1. The normalized spacial score (nSPS) is 10.1. The van der Waals surface area contributed by atoms with Gasteiger partial charge in [0.2, 0.25) is 0 Å². The van der Waals surface area contributed by atoms with Crippen molar-refractivity contribution in [1.82, 2.24) is 5.48 Å². The highest BCUT2D eigenvalue weighted by Crippen LogP contribution is 2.30. The first-order chi connectivity index (χ1) is 10.4. The Labute approximate surface area is 143 Å². The predicted octanol–water partition coefficient (Wildman–Crippen LogP) is 3.72. The first kappa shape index (κ1) is 16.5. The number of carbonyl (C=O) groups is 1. The molecule has 3 N–H and O–H groups in total. The Hall–Kier alpha value is -1.91. The maximum Gasteiger partial charge on any atom is 0.276 e. The number of hydrogen-bond donors (Lipinski definition) is 3. The van der Waals surface area contributed by atoms with Crippen LogP contribution in [0.3, 0.4) is 0 Å². The Morgan fingerprint density at radius 3 is 2.55 bits per heavy atom. The molecule has 0 fully saturated rings. The Balaban J connectivity index is 2.48. The molecule has 2 rings (SSSR count). The first-order valence-corrected chi connectivity index (χ1v) is 7.33. The number of nitrogens with one attached hydrogen (secondary N) is 2. The van der Waals surface area contributed by atoms with Crippen LogP contribution in [-0.4, -0.2) is 16.0 Å². The second-order valence-electron chi connectivity index (χ2n) is 4.18. The van der Waals surface area contributed by atoms with Gasteiger partial charge < -0.3 is 5.32 Å². The number of carbonyl (C=O) groups excluding carboxylic acids is 1. The average Bonchev–Trinajstić information content (AvgIpc) is 2.49. The van der Waals surface area contributed by atoms with Crippen LogP contribution in [0.15, 0.2) is 36.4 Å². The highest BCUT2D eigenvalue weighted by atomic mass is 127. The third-order valence-electron chi connectivity index (χ3n) is 2.76. The molecule has 22 heavy (non-hydrogen) atoms. The number of hydrogen-bond acceptors (Lipinski definition) is 5. The molecule has 0 spiro atoms. The molecule has 0 unspecified atom stereocenters. The summed E-state index contributed by atoms with van der Waals surface area (Å²) in [6, 6.07) is 8.78. The first-order valence-electron chi connectivity index (χ1n) is 5.87. The van der Waals surface area contributed by atoms with Crippen molar-refractivity contribution in [3.63, 3.8) is 0 Å². The van der Waals surface area contributed by atoms with Crippen molar-refractivity contribution in [3.05, 3.63) is 60.7 Å². The van der Waals surface area contributed by atoms with E-state index in [1.165, 1.54) is 23.7 Å². The maximum atomic E-state index is 11.6. The Kier molecular flexibility index (Phi) is 5.16. The van der Waals surface area contributed by atoms with Gasteiger partial charge in [-0.2, -0.15) is 0 Å². The fourth-order valence-corrected chi connectivity index (χ4v) is 2.65. The smallest absolute Gasteiger partial charge is 0.276 e. The number of rotatable bonds is 4. The highest BCUT2D eigenvalue weighted by molar-refractivity contribution is 14.1. The van der Waals surface area contributed by atoms with Crippen LogP contribution in [0.2, 0.25) is 5.02 Å². The number of benzene rings is 2. The summed E-state index contributed by atoms with van der Waals surface area (Å²) in [5, 5.41) is 22.9. The van der Waals surface area contributed by atoms with Gasteiger partial charge in [-0.05, 0) is 46.9 Å². The molecule has 0 aliphatic rings. The van der Waals surface area contributed by atoms with Crippen LogP contribution in [0.4, 0.5) is 17.1 Å². The molecule has 0 aromatic heterocycles. The molecular formula is C13H9ClIN3O4. The van der Waals surface area contributed by atoms with E-state index >= 15 is 0 Å². The summed E-state index contributed by atoms with van der Waals surface area (Å²) in [7, 11) is 0. The molecule has 0 aliphatic heterocycles. The Morgan fingerprint density at radius 2 is 1.95 bits per heavy atom. The van der Waals surface area contributed by atoms with Crippen LogP contribution < -0.4 is 10.8 Å². The van der Waals surface area contributed by atoms with E-state index in [1.54, 1.807) is 18.2 Å². The standard InChI is InChI=1S/C13H9ClIN3O4/c14-10-5-7(15)1-4-11(10)16-12-6-8(18(21)22)2-3-9(12)13(19)17-20/h1-6,16,20H,(H,17,19). The minimum absolute atomic E-state index is 0.0442. The SMILES string of the molecule is O=C(NO)c1ccc([N+](=O)[O-])cc1Nc1ccc(I)cc1Cl. The molecule has 7 nitrogen and oxygen atoms in total. The lowest BCUT2D eigenvalue weighted by Crippen LogP contribution is -2.20. The lowest BCUT2D eigenvalue weighted by atomic mass is 10.1. The zero-order valence-corrected chi connectivity index (χ0v) is 13.8. The molecular weight excluding hydrogens is 425 g/mol. The molecule has 1 amide bonds. The predicted molar refractivity (Wildman–Crippen MR) is 89.8 cm³/mol. The summed E-state index contributed by atoms with van der Waals surface area (Å²) < 4.78 is 0.917. The van der Waals surface area contributed by atoms with Gasteiger partial charge in [0.15, 0.2) is 0 Å². The topological polar surface area (TPSA) is 104 Å². The van der Waals surface area contributed by atoms with Crippen LogP contribution in [0.1, 0.15) is 10.4 Å². The Bertz CT molecular complexity index is 754. The molecule has 0 heterocycles. The molecule has 0 bridgehead atoms. The summed E-state index contributed by atoms with van der Waals surface area (Å²) in [4.78, 5) is 21.9. The zero-order chi connectivity index (χ0) is 16.3. The molecule has 9 heteroatoms. The number of hydroxylamine groups is 1. The molecule has 114 valence electrons. The minimum atomic E-state index is -0.793. The van der Waals surface area contributed by atoms with Gasteiger partial charge in [0.25, 0.3) is 11.6 Å². The maximum absolute atomic E-state index is 11.6. The van der Waals surface area contributed by atoms with E-state index in [1.807, 2.05) is 0 Å². The molecule has 2 aromatic carbocycles. The number of nitro groups is 1. The number of anilines is 2. The van der Waals surface area contributed by atoms with Gasteiger partial charge >= 0.3 is 0 Å². The highest BCUT2D eigenvalue weighted by Gasteiger charge is 2.16. The van der Waals surface area contributed by atoms with E-state index in [9.17, 15) is 14.9 Å². The van der Waals surface area contributed by atoms with Gasteiger partial charge in [0, 0.05) is 15.7 Å². The van der Waals surface area contributed by atoms with Crippen LogP contribution in [-0.2, 0) is 0 Å². The van der Waals surface area contributed by atoms with E-state index < -0.39 is 10.8 Å². The number of nitro benzene ring substituents is 1. The van der Waals surface area contributed by atoms with Crippen molar-refractivity contribution in [3.8, 4) is 0 Å². The van der Waals surface area contributed by atoms with Crippen LogP contribution in [0.25, 0.3) is 0 Å². The van der Waals surface area contributed by atoms with Gasteiger partial charge in [-0.25, -0.2) is 5.48 Å². The molecule has 0 atom stereocenters. The van der Waals surface area contributed by atoms with Gasteiger partial charge in [0.1, 0.15) is 0 Å². The summed E-state index contributed by atoms with van der Waals surface area (Å²) in [6.45, 7) is 0. The molecule has 2 aromatic rings. The fourth-order valence-electron chi connectivity index (χ4n) is 1.74. The monoisotopic (exact) mass is 433 g/mol. The quantitative estimate of drug-likeness (QED) is 0.295. The van der Waals surface area contributed by atoms with Crippen molar-refractivity contribution in [2.24, 2.45) is 0 Å². The van der Waals surface area contributed by atoms with Crippen LogP contribution >= 0.6 is 34.2 Å². The van der Waals surface area contributed by atoms with Crippen LogP contribution in [0, 0.1) is 13.7 Å². The number of nitrogens with zero attached hydrogens (tertiary/aromatic N) is 1. The summed E-state index contributed by atoms with van der Waals surface area (Å²) in [5.41, 5.74) is 1.98. The average molecular weight is 434 g/mol. The van der Waals surface area contributed by atoms with Gasteiger partial charge in [-0.1, -0.05) is 11.6 Å². The molecule has 0 saturated carbocycles. The summed E-state index contributed by atoms with van der Waals surface area (Å²) in [6.07, 6.45) is 0. The summed E-state index contributed by atoms with van der Waals surface area (Å²) in [5.74, 6) is -0.793. The zero-order valence-electron chi connectivity index (χ0n) is 10.8. The van der Waals surface area contributed by atoms with Crippen LogP contribution in [0.5, 0.6) is 0 Å². The largest absolute Gasteiger partial charge is 0.353 e. The Morgan fingerprint density at radius 1 is 1.23 bits per heavy atom. The molecule has 0 aliphatic carbocycles. The van der Waals surface area contributed by atoms with Gasteiger partial charge in [-0.15, -0.1) is 0 Å². The molecule has 0 saturated heterocycles. The van der Waals surface area contributed by atoms with Gasteiger partial charge in [-0.3, -0.25) is 20.1 Å². The molecule has 0 radical (unpaired) electrons. The lowest BCUT2D eigenvalue weighted by molar-refractivity contribution is -0.384. The summed E-state index contributed by atoms with van der Waals surface area (Å²) >= 11 is 8.19. The van der Waals surface area contributed by atoms with E-state index in [0.29, 0.717) is 10.7 Å². The van der Waals surface area contributed by atoms with Crippen molar-refractivity contribution in [1.29, 1.82) is 0 Å². The van der Waals surface area contributed by atoms with Gasteiger partial charge in [0.05, 0.1) is 26.9 Å². The van der Waals surface area contributed by atoms with Crippen molar-refractivity contribution >= 4 is 57.2 Å². The van der Waals surface area contributed by atoms with Crippen molar-refractivity contribution < 1.29 is 14.9 Å². The van der Waals surface area contributed by atoms with E-state index in [4.69, 9.17) is 16.8 Å². The lowest BCUT2D eigenvalue weighted by Gasteiger charge is -2.12. The third-order valence-corrected chi connectivity index (χ3v) is 3.74. The second kappa shape index (κ2) is 6.90. The second-order valence-corrected chi connectivity index (χ2v) is 5.83. The van der Waals surface area contributed by atoms with Crippen molar-refractivity contribution in [2.75, 3.05) is 5.32 Å². The number of halogens is 2. The van der Waals surface area contributed by atoms with Crippen molar-refractivity contribution in [2.45, 2.75) is 0 Å². The van der Waals surface area contributed by atoms with E-state index in [0.717, 1.165) is 3.57 Å². The fraction of sp³-hybridized carbons (Fsp3) is 0.